The Labute approximate surface area is 124 Å². The normalized spacial score (nSPS) is 14.1. The highest BCUT2D eigenvalue weighted by Gasteiger charge is 2.26. The molecule has 1 aliphatic carbocycles. The zero-order valence-electron chi connectivity index (χ0n) is 11.0. The van der Waals surface area contributed by atoms with Gasteiger partial charge in [-0.15, -0.1) is 11.3 Å². The Bertz CT molecular complexity index is 797. The molecule has 2 aromatic heterocycles. The third-order valence-corrected chi connectivity index (χ3v) is 5.84. The van der Waals surface area contributed by atoms with E-state index in [4.69, 9.17) is 9.52 Å². The highest BCUT2D eigenvalue weighted by Crippen LogP contribution is 2.32. The number of carboxylic acids is 1. The molecule has 2 heterocycles. The molecule has 0 saturated carbocycles. The van der Waals surface area contributed by atoms with Gasteiger partial charge < -0.3 is 9.52 Å². The number of nitrogens with zero attached hydrogens (tertiary/aromatic N) is 1. The number of carbonyl (C=O) groups is 1. The summed E-state index contributed by atoms with van der Waals surface area (Å²) in [6.07, 6.45) is 2.83. The van der Waals surface area contributed by atoms with Gasteiger partial charge in [-0.25, -0.2) is 18.2 Å². The van der Waals surface area contributed by atoms with Crippen LogP contribution in [0.3, 0.4) is 0 Å². The molecule has 0 aliphatic heterocycles. The maximum atomic E-state index is 12.3. The SMILES string of the molecule is Cc1oc(C(=O)O)cc1S(=O)(=O)Nc1nc2c(s1)CCC2. The van der Waals surface area contributed by atoms with E-state index in [-0.39, 0.29) is 10.7 Å². The molecule has 21 heavy (non-hydrogen) atoms. The number of thiazole rings is 1. The summed E-state index contributed by atoms with van der Waals surface area (Å²) in [5, 5.41) is 9.14. The van der Waals surface area contributed by atoms with Crippen molar-refractivity contribution in [3.8, 4) is 0 Å². The van der Waals surface area contributed by atoms with Gasteiger partial charge in [-0.1, -0.05) is 0 Å². The Hall–Kier alpha value is -1.87. The van der Waals surface area contributed by atoms with E-state index in [1.54, 1.807) is 0 Å². The molecular formula is C12H12N2O5S2. The predicted octanol–water partition coefficient (Wildman–Crippen LogP) is 2.03. The summed E-state index contributed by atoms with van der Waals surface area (Å²) < 4.78 is 31.9. The van der Waals surface area contributed by atoms with E-state index in [2.05, 4.69) is 9.71 Å². The van der Waals surface area contributed by atoms with Crippen LogP contribution in [0, 0.1) is 6.92 Å². The van der Waals surface area contributed by atoms with Crippen molar-refractivity contribution in [2.75, 3.05) is 4.72 Å². The lowest BCUT2D eigenvalue weighted by molar-refractivity contribution is 0.0661. The number of fused-ring (bicyclic) bond motifs is 1. The molecule has 0 amide bonds. The number of hydrogen-bond acceptors (Lipinski definition) is 6. The molecule has 2 N–H and O–H groups in total. The van der Waals surface area contributed by atoms with Crippen LogP contribution in [0.15, 0.2) is 15.4 Å². The van der Waals surface area contributed by atoms with Gasteiger partial charge in [0.2, 0.25) is 5.76 Å². The molecule has 0 atom stereocenters. The van der Waals surface area contributed by atoms with Gasteiger partial charge in [0.25, 0.3) is 10.0 Å². The van der Waals surface area contributed by atoms with E-state index < -0.39 is 21.8 Å². The Morgan fingerprint density at radius 1 is 1.48 bits per heavy atom. The van der Waals surface area contributed by atoms with Crippen molar-refractivity contribution in [2.45, 2.75) is 31.1 Å². The predicted molar refractivity (Wildman–Crippen MR) is 75.4 cm³/mol. The number of furan rings is 1. The number of anilines is 1. The lowest BCUT2D eigenvalue weighted by Crippen LogP contribution is -2.13. The molecule has 0 aromatic carbocycles. The second-order valence-corrected chi connectivity index (χ2v) is 7.42. The smallest absolute Gasteiger partial charge is 0.371 e. The molecule has 0 saturated heterocycles. The van der Waals surface area contributed by atoms with Gasteiger partial charge >= 0.3 is 5.97 Å². The fourth-order valence-corrected chi connectivity index (χ4v) is 4.71. The van der Waals surface area contributed by atoms with Crippen LogP contribution in [0.4, 0.5) is 5.13 Å². The molecule has 0 fully saturated rings. The molecule has 3 rings (SSSR count). The van der Waals surface area contributed by atoms with Crippen LogP contribution in [0.1, 0.15) is 33.3 Å². The number of rotatable bonds is 4. The van der Waals surface area contributed by atoms with Crippen LogP contribution in [0.2, 0.25) is 0 Å². The Kier molecular flexibility index (Phi) is 3.25. The van der Waals surface area contributed by atoms with Crippen molar-refractivity contribution in [1.82, 2.24) is 4.98 Å². The third kappa shape index (κ3) is 2.54. The van der Waals surface area contributed by atoms with Crippen LogP contribution < -0.4 is 4.72 Å². The average molecular weight is 328 g/mol. The standard InChI is InChI=1S/C12H12N2O5S2/c1-6-10(5-8(19-6)11(15)16)21(17,18)14-12-13-7-3-2-4-9(7)20-12/h5H,2-4H2,1H3,(H,13,14)(H,15,16). The molecular weight excluding hydrogens is 316 g/mol. The molecule has 0 bridgehead atoms. The van der Waals surface area contributed by atoms with Gasteiger partial charge in [0.1, 0.15) is 10.7 Å². The quantitative estimate of drug-likeness (QED) is 0.888. The van der Waals surface area contributed by atoms with E-state index in [0.717, 1.165) is 35.9 Å². The highest BCUT2D eigenvalue weighted by molar-refractivity contribution is 7.93. The number of nitrogens with one attached hydrogen (secondary N) is 1. The number of hydrogen-bond donors (Lipinski definition) is 2. The van der Waals surface area contributed by atoms with Gasteiger partial charge in [0, 0.05) is 10.9 Å². The first kappa shape index (κ1) is 14.1. The van der Waals surface area contributed by atoms with Crippen molar-refractivity contribution >= 4 is 32.5 Å². The number of aryl methyl sites for hydroxylation is 3. The summed E-state index contributed by atoms with van der Waals surface area (Å²) in [5.74, 6) is -1.69. The molecule has 9 heteroatoms. The first-order valence-electron chi connectivity index (χ1n) is 6.22. The minimum absolute atomic E-state index is 0.0315. The first-order chi connectivity index (χ1) is 9.87. The fraction of sp³-hybridized carbons (Fsp3) is 0.333. The summed E-state index contributed by atoms with van der Waals surface area (Å²) in [4.78, 5) is 16.0. The van der Waals surface area contributed by atoms with Gasteiger partial charge in [0.15, 0.2) is 5.13 Å². The monoisotopic (exact) mass is 328 g/mol. The van der Waals surface area contributed by atoms with Crippen LogP contribution in [0.5, 0.6) is 0 Å². The number of aromatic nitrogens is 1. The van der Waals surface area contributed by atoms with E-state index in [1.165, 1.54) is 18.3 Å². The van der Waals surface area contributed by atoms with Gasteiger partial charge in [-0.2, -0.15) is 0 Å². The van der Waals surface area contributed by atoms with E-state index in [0.29, 0.717) is 5.13 Å². The summed E-state index contributed by atoms with van der Waals surface area (Å²) >= 11 is 1.31. The van der Waals surface area contributed by atoms with Crippen LogP contribution in [-0.2, 0) is 22.9 Å². The van der Waals surface area contributed by atoms with Crippen LogP contribution in [0.25, 0.3) is 0 Å². The first-order valence-corrected chi connectivity index (χ1v) is 8.52. The zero-order valence-corrected chi connectivity index (χ0v) is 12.7. The molecule has 2 aromatic rings. The minimum atomic E-state index is -3.90. The Balaban J connectivity index is 1.91. The molecule has 0 radical (unpaired) electrons. The number of sulfonamides is 1. The Morgan fingerprint density at radius 2 is 2.24 bits per heavy atom. The minimum Gasteiger partial charge on any atom is -0.475 e. The lowest BCUT2D eigenvalue weighted by atomic mass is 10.4. The summed E-state index contributed by atoms with van der Waals surface area (Å²) in [5.41, 5.74) is 0.938. The zero-order chi connectivity index (χ0) is 15.2. The third-order valence-electron chi connectivity index (χ3n) is 3.19. The summed E-state index contributed by atoms with van der Waals surface area (Å²) in [6.45, 7) is 1.41. The molecule has 112 valence electrons. The topological polar surface area (TPSA) is 109 Å². The molecule has 0 spiro atoms. The Morgan fingerprint density at radius 3 is 2.86 bits per heavy atom. The molecule has 1 aliphatic rings. The van der Waals surface area contributed by atoms with E-state index in [9.17, 15) is 13.2 Å². The number of carboxylic acid groups (broad SMARTS) is 1. The van der Waals surface area contributed by atoms with Gasteiger partial charge in [0.05, 0.1) is 5.69 Å². The second-order valence-electron chi connectivity index (χ2n) is 4.68. The second kappa shape index (κ2) is 4.85. The molecule has 0 unspecified atom stereocenters. The van der Waals surface area contributed by atoms with E-state index in [1.807, 2.05) is 0 Å². The largest absolute Gasteiger partial charge is 0.475 e. The van der Waals surface area contributed by atoms with Gasteiger partial charge in [-0.05, 0) is 26.2 Å². The van der Waals surface area contributed by atoms with Crippen LogP contribution >= 0.6 is 11.3 Å². The number of aromatic carboxylic acids is 1. The highest BCUT2D eigenvalue weighted by atomic mass is 32.2. The lowest BCUT2D eigenvalue weighted by Gasteiger charge is -2.03. The van der Waals surface area contributed by atoms with Crippen molar-refractivity contribution in [1.29, 1.82) is 0 Å². The van der Waals surface area contributed by atoms with Crippen molar-refractivity contribution in [3.05, 3.63) is 28.2 Å². The van der Waals surface area contributed by atoms with Crippen molar-refractivity contribution in [3.63, 3.8) is 0 Å². The maximum absolute atomic E-state index is 12.3. The van der Waals surface area contributed by atoms with E-state index >= 15 is 0 Å². The fourth-order valence-electron chi connectivity index (χ4n) is 2.24. The van der Waals surface area contributed by atoms with Crippen molar-refractivity contribution in [2.24, 2.45) is 0 Å². The molecule has 7 nitrogen and oxygen atoms in total. The van der Waals surface area contributed by atoms with Crippen molar-refractivity contribution < 1.29 is 22.7 Å². The van der Waals surface area contributed by atoms with Gasteiger partial charge in [-0.3, -0.25) is 4.72 Å². The summed E-state index contributed by atoms with van der Waals surface area (Å²) in [7, 11) is -3.90. The average Bonchev–Trinajstić information content (AvgIpc) is 3.02. The summed E-state index contributed by atoms with van der Waals surface area (Å²) in [6, 6.07) is 1.00. The maximum Gasteiger partial charge on any atom is 0.371 e. The van der Waals surface area contributed by atoms with Crippen LogP contribution in [-0.4, -0.2) is 24.5 Å².